The fourth-order valence-electron chi connectivity index (χ4n) is 4.43. The molecule has 2 aromatic carbocycles. The first-order valence-corrected chi connectivity index (χ1v) is 11.0. The first kappa shape index (κ1) is 20.4. The lowest BCUT2D eigenvalue weighted by Crippen LogP contribution is -2.30. The van der Waals surface area contributed by atoms with Crippen LogP contribution in [-0.4, -0.2) is 14.7 Å². The van der Waals surface area contributed by atoms with Gasteiger partial charge in [0.15, 0.2) is 5.11 Å². The average molecular weight is 443 g/mol. The summed E-state index contributed by atoms with van der Waals surface area (Å²) in [5.41, 5.74) is 5.62. The van der Waals surface area contributed by atoms with Crippen molar-refractivity contribution in [1.29, 1.82) is 0 Å². The molecule has 0 amide bonds. The number of anilines is 1. The highest BCUT2D eigenvalue weighted by atomic mass is 32.1. The van der Waals surface area contributed by atoms with E-state index in [1.807, 2.05) is 42.5 Å². The molecule has 1 N–H and O–H groups in total. The highest BCUT2D eigenvalue weighted by molar-refractivity contribution is 7.80. The molecule has 4 nitrogen and oxygen atoms in total. The van der Waals surface area contributed by atoms with Crippen LogP contribution in [0.3, 0.4) is 0 Å². The van der Waals surface area contributed by atoms with Gasteiger partial charge in [0.1, 0.15) is 11.9 Å². The zero-order valence-corrected chi connectivity index (χ0v) is 18.7. The lowest BCUT2D eigenvalue weighted by atomic mass is 10.0. The maximum atomic E-state index is 14.1. The van der Waals surface area contributed by atoms with E-state index in [2.05, 4.69) is 51.0 Å². The minimum Gasteiger partial charge on any atom is -0.351 e. The molecule has 1 aliphatic heterocycles. The van der Waals surface area contributed by atoms with Crippen LogP contribution in [0.25, 0.3) is 5.69 Å². The van der Waals surface area contributed by atoms with Gasteiger partial charge in [-0.2, -0.15) is 0 Å². The summed E-state index contributed by atoms with van der Waals surface area (Å²) in [4.78, 5) is 6.70. The van der Waals surface area contributed by atoms with Gasteiger partial charge in [0.05, 0.1) is 11.7 Å². The van der Waals surface area contributed by atoms with Crippen LogP contribution in [0.1, 0.15) is 34.7 Å². The fourth-order valence-corrected chi connectivity index (χ4v) is 4.78. The second kappa shape index (κ2) is 8.20. The van der Waals surface area contributed by atoms with Crippen molar-refractivity contribution in [3.8, 4) is 5.69 Å². The minimum atomic E-state index is -0.229. The Hall–Kier alpha value is -3.51. The number of nitrogens with zero attached hydrogens (tertiary/aromatic N) is 3. The zero-order chi connectivity index (χ0) is 22.2. The number of para-hydroxylation sites is 1. The van der Waals surface area contributed by atoms with E-state index in [0.29, 0.717) is 10.7 Å². The third kappa shape index (κ3) is 3.46. The molecule has 2 aromatic heterocycles. The second-order valence-corrected chi connectivity index (χ2v) is 8.39. The molecule has 2 atom stereocenters. The molecule has 1 aliphatic rings. The number of hydrogen-bond donors (Lipinski definition) is 1. The Morgan fingerprint density at radius 3 is 2.41 bits per heavy atom. The van der Waals surface area contributed by atoms with Crippen LogP contribution in [0.4, 0.5) is 10.1 Å². The van der Waals surface area contributed by atoms with Crippen LogP contribution >= 0.6 is 12.2 Å². The molecule has 0 saturated carbocycles. The van der Waals surface area contributed by atoms with Gasteiger partial charge < -0.3 is 14.8 Å². The summed E-state index contributed by atoms with van der Waals surface area (Å²) in [6.07, 6.45) is 1.79. The van der Waals surface area contributed by atoms with Crippen LogP contribution in [0.2, 0.25) is 0 Å². The van der Waals surface area contributed by atoms with Gasteiger partial charge in [0.2, 0.25) is 0 Å². The smallest absolute Gasteiger partial charge is 0.174 e. The first-order chi connectivity index (χ1) is 15.5. The van der Waals surface area contributed by atoms with E-state index in [4.69, 9.17) is 12.2 Å². The third-order valence-corrected chi connectivity index (χ3v) is 6.26. The number of thiocarbonyl (C=S) groups is 1. The van der Waals surface area contributed by atoms with Gasteiger partial charge in [-0.05, 0) is 86.2 Å². The molecule has 1 fully saturated rings. The van der Waals surface area contributed by atoms with Crippen molar-refractivity contribution in [3.05, 3.63) is 114 Å². The van der Waals surface area contributed by atoms with E-state index in [1.165, 1.54) is 6.07 Å². The van der Waals surface area contributed by atoms with Crippen molar-refractivity contribution < 1.29 is 4.39 Å². The molecule has 5 rings (SSSR count). The van der Waals surface area contributed by atoms with Crippen LogP contribution in [0, 0.1) is 19.7 Å². The summed E-state index contributed by atoms with van der Waals surface area (Å²) in [6, 6.07) is 25.2. The Balaban J connectivity index is 1.71. The molecular formula is C26H23FN4S. The Morgan fingerprint density at radius 1 is 0.906 bits per heavy atom. The molecule has 1 saturated heterocycles. The molecule has 0 unspecified atom stereocenters. The van der Waals surface area contributed by atoms with Crippen LogP contribution in [0.5, 0.6) is 0 Å². The number of rotatable bonds is 4. The molecule has 0 radical (unpaired) electrons. The predicted octanol–water partition coefficient (Wildman–Crippen LogP) is 5.81. The standard InChI is InChI=1S/C26H23FN4S/c1-17-16-20(12-13-21(17)27)31-25(24(29-26(31)32)22-10-6-7-15-28-22)23-14-11-18(2)30(23)19-8-4-3-5-9-19/h3-16,24-25H,1-2H3,(H,29,32)/t24-,25-/m0/s1. The van der Waals surface area contributed by atoms with E-state index in [0.717, 1.165) is 28.5 Å². The number of aryl methyl sites for hydroxylation is 2. The van der Waals surface area contributed by atoms with Crippen LogP contribution in [0.15, 0.2) is 85.1 Å². The minimum absolute atomic E-state index is 0.161. The summed E-state index contributed by atoms with van der Waals surface area (Å²) in [7, 11) is 0. The van der Waals surface area contributed by atoms with E-state index in [1.54, 1.807) is 19.2 Å². The fraction of sp³-hybridized carbons (Fsp3) is 0.154. The number of pyridine rings is 1. The highest BCUT2D eigenvalue weighted by Gasteiger charge is 2.42. The number of benzene rings is 2. The quantitative estimate of drug-likeness (QED) is 0.405. The van der Waals surface area contributed by atoms with E-state index in [-0.39, 0.29) is 17.9 Å². The van der Waals surface area contributed by atoms with Gasteiger partial charge in [-0.1, -0.05) is 24.3 Å². The largest absolute Gasteiger partial charge is 0.351 e. The Morgan fingerprint density at radius 2 is 1.69 bits per heavy atom. The Kier molecular flexibility index (Phi) is 5.23. The van der Waals surface area contributed by atoms with Gasteiger partial charge in [-0.25, -0.2) is 4.39 Å². The van der Waals surface area contributed by atoms with E-state index in [9.17, 15) is 4.39 Å². The van der Waals surface area contributed by atoms with Crippen molar-refractivity contribution in [3.63, 3.8) is 0 Å². The van der Waals surface area contributed by atoms with Crippen molar-refractivity contribution in [2.24, 2.45) is 0 Å². The van der Waals surface area contributed by atoms with Gasteiger partial charge in [-0.3, -0.25) is 4.98 Å². The van der Waals surface area contributed by atoms with Crippen LogP contribution < -0.4 is 10.2 Å². The molecule has 0 spiro atoms. The maximum absolute atomic E-state index is 14.1. The summed E-state index contributed by atoms with van der Waals surface area (Å²) >= 11 is 5.80. The first-order valence-electron chi connectivity index (χ1n) is 10.5. The lowest BCUT2D eigenvalue weighted by Gasteiger charge is -2.29. The monoisotopic (exact) mass is 442 g/mol. The Bertz CT molecular complexity index is 1270. The third-order valence-electron chi connectivity index (χ3n) is 5.94. The van der Waals surface area contributed by atoms with E-state index < -0.39 is 0 Å². The van der Waals surface area contributed by atoms with Crippen molar-refractivity contribution >= 4 is 23.0 Å². The molecular weight excluding hydrogens is 419 g/mol. The Labute approximate surface area is 192 Å². The predicted molar refractivity (Wildman–Crippen MR) is 130 cm³/mol. The van der Waals surface area contributed by atoms with Gasteiger partial charge in [0, 0.05) is 29.0 Å². The second-order valence-electron chi connectivity index (χ2n) is 8.00. The molecule has 32 heavy (non-hydrogen) atoms. The van der Waals surface area contributed by atoms with Gasteiger partial charge >= 0.3 is 0 Å². The number of hydrogen-bond acceptors (Lipinski definition) is 2. The van der Waals surface area contributed by atoms with Crippen molar-refractivity contribution in [1.82, 2.24) is 14.9 Å². The molecule has 4 aromatic rings. The van der Waals surface area contributed by atoms with Gasteiger partial charge in [-0.15, -0.1) is 0 Å². The normalized spacial score (nSPS) is 18.1. The van der Waals surface area contributed by atoms with Crippen molar-refractivity contribution in [2.45, 2.75) is 25.9 Å². The zero-order valence-electron chi connectivity index (χ0n) is 17.9. The maximum Gasteiger partial charge on any atom is 0.174 e. The summed E-state index contributed by atoms with van der Waals surface area (Å²) in [5.74, 6) is -0.229. The number of nitrogens with one attached hydrogen (secondary N) is 1. The molecule has 6 heteroatoms. The van der Waals surface area contributed by atoms with Crippen LogP contribution in [-0.2, 0) is 0 Å². The highest BCUT2D eigenvalue weighted by Crippen LogP contribution is 2.43. The molecule has 160 valence electrons. The summed E-state index contributed by atoms with van der Waals surface area (Å²) in [5, 5.41) is 4.07. The lowest BCUT2D eigenvalue weighted by molar-refractivity contribution is 0.547. The number of aromatic nitrogens is 2. The SMILES string of the molecule is Cc1cc(N2C(=S)N[C@@H](c3ccccn3)[C@@H]2c2ccc(C)n2-c2ccccc2)ccc1F. The van der Waals surface area contributed by atoms with Crippen molar-refractivity contribution in [2.75, 3.05) is 4.90 Å². The molecule has 3 heterocycles. The topological polar surface area (TPSA) is 33.1 Å². The van der Waals surface area contributed by atoms with Gasteiger partial charge in [0.25, 0.3) is 0 Å². The summed E-state index contributed by atoms with van der Waals surface area (Å²) < 4.78 is 16.3. The molecule has 0 bridgehead atoms. The average Bonchev–Trinajstić information content (AvgIpc) is 3.36. The number of halogens is 1. The van der Waals surface area contributed by atoms with E-state index >= 15 is 0 Å². The molecule has 0 aliphatic carbocycles. The summed E-state index contributed by atoms with van der Waals surface area (Å²) in [6.45, 7) is 3.87.